The minimum atomic E-state index is -1.04. The van der Waals surface area contributed by atoms with Crippen LogP contribution in [-0.4, -0.2) is 22.6 Å². The lowest BCUT2D eigenvalue weighted by Crippen LogP contribution is -2.21. The molecule has 1 aromatic carbocycles. The van der Waals surface area contributed by atoms with Crippen molar-refractivity contribution in [2.24, 2.45) is 0 Å². The van der Waals surface area contributed by atoms with Crippen molar-refractivity contribution in [3.05, 3.63) is 41.2 Å². The zero-order valence-electron chi connectivity index (χ0n) is 12.9. The van der Waals surface area contributed by atoms with E-state index in [2.05, 4.69) is 20.6 Å². The molecular formula is C15H16F2N4O2. The maximum atomic E-state index is 13.1. The highest BCUT2D eigenvalue weighted by Gasteiger charge is 2.13. The molecule has 2 rings (SSSR count). The molecule has 0 aliphatic rings. The molecule has 8 heteroatoms. The SMILES string of the molecule is CCOc1nc(C)c(NC(=O)Nc2ccc(F)c(F)c2)c(C)n1. The van der Waals surface area contributed by atoms with E-state index in [1.807, 2.05) is 6.92 Å². The first-order chi connectivity index (χ1) is 10.9. The highest BCUT2D eigenvalue weighted by Crippen LogP contribution is 2.20. The molecule has 0 saturated carbocycles. The van der Waals surface area contributed by atoms with E-state index in [1.165, 1.54) is 6.07 Å². The Balaban J connectivity index is 2.12. The topological polar surface area (TPSA) is 76.1 Å². The van der Waals surface area contributed by atoms with Crippen molar-refractivity contribution < 1.29 is 18.3 Å². The number of hydrogen-bond donors (Lipinski definition) is 2. The second-order valence-electron chi connectivity index (χ2n) is 4.69. The van der Waals surface area contributed by atoms with E-state index in [0.717, 1.165) is 12.1 Å². The van der Waals surface area contributed by atoms with Gasteiger partial charge in [-0.1, -0.05) is 0 Å². The fourth-order valence-corrected chi connectivity index (χ4v) is 1.91. The minimum Gasteiger partial charge on any atom is -0.464 e. The van der Waals surface area contributed by atoms with Crippen molar-refractivity contribution in [1.29, 1.82) is 0 Å². The van der Waals surface area contributed by atoms with Gasteiger partial charge in [0.25, 0.3) is 0 Å². The Morgan fingerprint density at radius 2 is 1.78 bits per heavy atom. The zero-order chi connectivity index (χ0) is 17.0. The number of hydrogen-bond acceptors (Lipinski definition) is 4. The fourth-order valence-electron chi connectivity index (χ4n) is 1.91. The van der Waals surface area contributed by atoms with Gasteiger partial charge >= 0.3 is 12.0 Å². The molecule has 0 fully saturated rings. The monoisotopic (exact) mass is 322 g/mol. The summed E-state index contributed by atoms with van der Waals surface area (Å²) >= 11 is 0. The average Bonchev–Trinajstić information content (AvgIpc) is 2.47. The van der Waals surface area contributed by atoms with E-state index in [-0.39, 0.29) is 11.7 Å². The molecule has 1 heterocycles. The number of anilines is 2. The summed E-state index contributed by atoms with van der Waals surface area (Å²) in [5, 5.41) is 4.99. The average molecular weight is 322 g/mol. The van der Waals surface area contributed by atoms with Crippen LogP contribution in [0, 0.1) is 25.5 Å². The lowest BCUT2D eigenvalue weighted by Gasteiger charge is -2.13. The smallest absolute Gasteiger partial charge is 0.323 e. The Kier molecular flexibility index (Phi) is 5.05. The second kappa shape index (κ2) is 6.99. The number of amides is 2. The molecular weight excluding hydrogens is 306 g/mol. The molecule has 2 aromatic rings. The van der Waals surface area contributed by atoms with Gasteiger partial charge in [-0.15, -0.1) is 0 Å². The molecule has 2 N–H and O–H groups in total. The van der Waals surface area contributed by atoms with Crippen LogP contribution in [0.5, 0.6) is 6.01 Å². The summed E-state index contributed by atoms with van der Waals surface area (Å²) in [6.45, 7) is 5.65. The number of halogens is 2. The lowest BCUT2D eigenvalue weighted by molar-refractivity contribution is 0.262. The summed E-state index contributed by atoms with van der Waals surface area (Å²) in [5.41, 5.74) is 1.61. The number of aromatic nitrogens is 2. The number of benzene rings is 1. The van der Waals surface area contributed by atoms with Gasteiger partial charge in [0.1, 0.15) is 0 Å². The molecule has 0 aliphatic carbocycles. The summed E-state index contributed by atoms with van der Waals surface area (Å²) in [5.74, 6) is -2.03. The van der Waals surface area contributed by atoms with Crippen molar-refractivity contribution >= 4 is 17.4 Å². The van der Waals surface area contributed by atoms with Crippen LogP contribution in [0.3, 0.4) is 0 Å². The summed E-state index contributed by atoms with van der Waals surface area (Å²) < 4.78 is 31.2. The van der Waals surface area contributed by atoms with Gasteiger partial charge in [-0.25, -0.2) is 13.6 Å². The molecule has 0 saturated heterocycles. The minimum absolute atomic E-state index is 0.128. The van der Waals surface area contributed by atoms with Crippen LogP contribution in [-0.2, 0) is 0 Å². The van der Waals surface area contributed by atoms with Crippen LogP contribution < -0.4 is 15.4 Å². The molecule has 0 aliphatic heterocycles. The van der Waals surface area contributed by atoms with Crippen molar-refractivity contribution in [3.63, 3.8) is 0 Å². The van der Waals surface area contributed by atoms with Gasteiger partial charge < -0.3 is 15.4 Å². The zero-order valence-corrected chi connectivity index (χ0v) is 12.9. The third-order valence-corrected chi connectivity index (χ3v) is 2.94. The molecule has 0 bridgehead atoms. The summed E-state index contributed by atoms with van der Waals surface area (Å²) in [6.07, 6.45) is 0. The normalized spacial score (nSPS) is 10.3. The highest BCUT2D eigenvalue weighted by atomic mass is 19.2. The lowest BCUT2D eigenvalue weighted by atomic mass is 10.3. The molecule has 1 aromatic heterocycles. The quantitative estimate of drug-likeness (QED) is 0.904. The van der Waals surface area contributed by atoms with E-state index < -0.39 is 17.7 Å². The van der Waals surface area contributed by atoms with Crippen LogP contribution in [0.2, 0.25) is 0 Å². The van der Waals surface area contributed by atoms with Gasteiger partial charge in [-0.05, 0) is 32.9 Å². The number of carbonyl (C=O) groups excluding carboxylic acids is 1. The van der Waals surface area contributed by atoms with Crippen molar-refractivity contribution in [1.82, 2.24) is 9.97 Å². The fraction of sp³-hybridized carbons (Fsp3) is 0.267. The molecule has 0 unspecified atom stereocenters. The number of nitrogens with one attached hydrogen (secondary N) is 2. The number of aryl methyl sites for hydroxylation is 2. The van der Waals surface area contributed by atoms with E-state index in [4.69, 9.17) is 4.74 Å². The molecule has 0 atom stereocenters. The standard InChI is InChI=1S/C15H16F2N4O2/c1-4-23-15-18-8(2)13(9(3)19-15)21-14(22)20-10-5-6-11(16)12(17)7-10/h5-7H,4H2,1-3H3,(H2,20,21,22). The van der Waals surface area contributed by atoms with Crippen molar-refractivity contribution in [3.8, 4) is 6.01 Å². The number of urea groups is 1. The van der Waals surface area contributed by atoms with Gasteiger partial charge in [-0.2, -0.15) is 9.97 Å². The number of nitrogens with zero attached hydrogens (tertiary/aromatic N) is 2. The van der Waals surface area contributed by atoms with Gasteiger partial charge in [-0.3, -0.25) is 0 Å². The van der Waals surface area contributed by atoms with Crippen LogP contribution in [0.15, 0.2) is 18.2 Å². The molecule has 0 spiro atoms. The summed E-state index contributed by atoms with van der Waals surface area (Å²) in [6, 6.07) is 2.70. The van der Waals surface area contributed by atoms with Crippen LogP contribution >= 0.6 is 0 Å². The molecule has 0 radical (unpaired) electrons. The first-order valence-corrected chi connectivity index (χ1v) is 6.91. The van der Waals surface area contributed by atoms with Crippen LogP contribution in [0.1, 0.15) is 18.3 Å². The van der Waals surface area contributed by atoms with Crippen molar-refractivity contribution in [2.75, 3.05) is 17.2 Å². The van der Waals surface area contributed by atoms with E-state index in [9.17, 15) is 13.6 Å². The Bertz CT molecular complexity index is 714. The largest absolute Gasteiger partial charge is 0.464 e. The maximum Gasteiger partial charge on any atom is 0.323 e. The predicted octanol–water partition coefficient (Wildman–Crippen LogP) is 3.41. The van der Waals surface area contributed by atoms with Crippen molar-refractivity contribution in [2.45, 2.75) is 20.8 Å². The third kappa shape index (κ3) is 4.12. The molecule has 6 nitrogen and oxygen atoms in total. The van der Waals surface area contributed by atoms with E-state index >= 15 is 0 Å². The second-order valence-corrected chi connectivity index (χ2v) is 4.69. The molecule has 2 amide bonds. The van der Waals surface area contributed by atoms with E-state index in [0.29, 0.717) is 23.7 Å². The van der Waals surface area contributed by atoms with Crippen LogP contribution in [0.4, 0.5) is 25.0 Å². The summed E-state index contributed by atoms with van der Waals surface area (Å²) in [7, 11) is 0. The summed E-state index contributed by atoms with van der Waals surface area (Å²) in [4.78, 5) is 20.2. The number of ether oxygens (including phenoxy) is 1. The molecule has 23 heavy (non-hydrogen) atoms. The Morgan fingerprint density at radius 3 is 2.35 bits per heavy atom. The third-order valence-electron chi connectivity index (χ3n) is 2.94. The van der Waals surface area contributed by atoms with Gasteiger partial charge in [0.2, 0.25) is 0 Å². The van der Waals surface area contributed by atoms with Gasteiger partial charge in [0, 0.05) is 11.8 Å². The predicted molar refractivity (Wildman–Crippen MR) is 81.7 cm³/mol. The van der Waals surface area contributed by atoms with Crippen LogP contribution in [0.25, 0.3) is 0 Å². The first kappa shape index (κ1) is 16.6. The Morgan fingerprint density at radius 1 is 1.13 bits per heavy atom. The first-order valence-electron chi connectivity index (χ1n) is 6.91. The maximum absolute atomic E-state index is 13.1. The van der Waals surface area contributed by atoms with E-state index in [1.54, 1.807) is 13.8 Å². The Hall–Kier alpha value is -2.77. The molecule has 122 valence electrons. The number of rotatable bonds is 4. The number of carbonyl (C=O) groups is 1. The Labute approximate surface area is 131 Å². The van der Waals surface area contributed by atoms with Gasteiger partial charge in [0.15, 0.2) is 11.6 Å². The van der Waals surface area contributed by atoms with Gasteiger partial charge in [0.05, 0.1) is 23.7 Å². The highest BCUT2D eigenvalue weighted by molar-refractivity contribution is 6.00.